The maximum absolute atomic E-state index is 13.1. The number of carboxylic acid groups (broad SMARTS) is 1. The van der Waals surface area contributed by atoms with Gasteiger partial charge in [-0.1, -0.05) is 35.9 Å². The van der Waals surface area contributed by atoms with E-state index in [1.165, 1.54) is 30.3 Å². The number of hydrogen-bond donors (Lipinski definition) is 2. The Bertz CT molecular complexity index is 690. The molecule has 108 valence electrons. The van der Waals surface area contributed by atoms with Gasteiger partial charge in [0.2, 0.25) is 0 Å². The second-order valence-corrected chi connectivity index (χ2v) is 4.68. The van der Waals surface area contributed by atoms with E-state index in [9.17, 15) is 19.1 Å². The fourth-order valence-electron chi connectivity index (χ4n) is 1.83. The molecule has 0 unspecified atom stereocenters. The molecule has 0 heterocycles. The number of benzene rings is 2. The molecule has 0 aliphatic carbocycles. The molecule has 2 aromatic carbocycles. The van der Waals surface area contributed by atoms with Gasteiger partial charge in [-0.15, -0.1) is 0 Å². The third-order valence-corrected chi connectivity index (χ3v) is 3.17. The molecular weight excluding hydrogens is 297 g/mol. The van der Waals surface area contributed by atoms with Gasteiger partial charge in [-0.3, -0.25) is 4.79 Å². The van der Waals surface area contributed by atoms with E-state index < -0.39 is 23.7 Å². The summed E-state index contributed by atoms with van der Waals surface area (Å²) in [5.74, 6) is -2.53. The highest BCUT2D eigenvalue weighted by atomic mass is 35.5. The van der Waals surface area contributed by atoms with Crippen molar-refractivity contribution in [1.82, 2.24) is 5.32 Å². The Labute approximate surface area is 125 Å². The zero-order chi connectivity index (χ0) is 15.4. The predicted octanol–water partition coefficient (Wildman–Crippen LogP) is 3.03. The summed E-state index contributed by atoms with van der Waals surface area (Å²) in [6.07, 6.45) is 0. The predicted molar refractivity (Wildman–Crippen MR) is 75.7 cm³/mol. The van der Waals surface area contributed by atoms with Gasteiger partial charge in [-0.25, -0.2) is 9.18 Å². The number of rotatable bonds is 4. The highest BCUT2D eigenvalue weighted by molar-refractivity contribution is 6.31. The van der Waals surface area contributed by atoms with Gasteiger partial charge in [0.25, 0.3) is 5.91 Å². The van der Waals surface area contributed by atoms with Gasteiger partial charge in [-0.05, 0) is 24.3 Å². The number of amides is 1. The molecule has 21 heavy (non-hydrogen) atoms. The minimum absolute atomic E-state index is 0.0355. The number of carbonyl (C=O) groups excluding carboxylic acids is 1. The summed E-state index contributed by atoms with van der Waals surface area (Å²) in [6.45, 7) is 0. The molecule has 0 saturated heterocycles. The van der Waals surface area contributed by atoms with Crippen LogP contribution >= 0.6 is 11.6 Å². The first kappa shape index (κ1) is 15.0. The molecule has 2 N–H and O–H groups in total. The largest absolute Gasteiger partial charge is 0.479 e. The smallest absolute Gasteiger partial charge is 0.330 e. The second-order valence-electron chi connectivity index (χ2n) is 4.28. The Morgan fingerprint density at radius 2 is 1.86 bits per heavy atom. The third kappa shape index (κ3) is 3.58. The van der Waals surface area contributed by atoms with E-state index in [-0.39, 0.29) is 16.1 Å². The lowest BCUT2D eigenvalue weighted by Crippen LogP contribution is -2.34. The van der Waals surface area contributed by atoms with E-state index in [4.69, 9.17) is 11.6 Å². The Balaban J connectivity index is 2.27. The lowest BCUT2D eigenvalue weighted by Gasteiger charge is -2.16. The topological polar surface area (TPSA) is 66.4 Å². The molecule has 0 saturated carbocycles. The first-order chi connectivity index (χ1) is 9.99. The van der Waals surface area contributed by atoms with Gasteiger partial charge >= 0.3 is 5.97 Å². The Morgan fingerprint density at radius 1 is 1.14 bits per heavy atom. The average molecular weight is 308 g/mol. The van der Waals surface area contributed by atoms with Crippen LogP contribution in [-0.2, 0) is 4.79 Å². The molecule has 0 fully saturated rings. The van der Waals surface area contributed by atoms with Crippen molar-refractivity contribution in [3.05, 3.63) is 70.5 Å². The summed E-state index contributed by atoms with van der Waals surface area (Å²) in [7, 11) is 0. The minimum Gasteiger partial charge on any atom is -0.479 e. The van der Waals surface area contributed by atoms with E-state index >= 15 is 0 Å². The molecule has 2 rings (SSSR count). The molecule has 2 aromatic rings. The molecule has 0 aromatic heterocycles. The van der Waals surface area contributed by atoms with Crippen LogP contribution in [0.4, 0.5) is 4.39 Å². The van der Waals surface area contributed by atoms with Crippen LogP contribution in [0.2, 0.25) is 5.02 Å². The number of aliphatic carboxylic acids is 1. The SMILES string of the molecule is O=C(N[C@@H](C(=O)O)c1ccccc1Cl)c1cccc(F)c1. The summed E-state index contributed by atoms with van der Waals surface area (Å²) in [5.41, 5.74) is 0.296. The van der Waals surface area contributed by atoms with Crippen molar-refractivity contribution in [3.8, 4) is 0 Å². The zero-order valence-electron chi connectivity index (χ0n) is 10.7. The summed E-state index contributed by atoms with van der Waals surface area (Å²) >= 11 is 5.94. The highest BCUT2D eigenvalue weighted by Crippen LogP contribution is 2.23. The highest BCUT2D eigenvalue weighted by Gasteiger charge is 2.24. The molecule has 0 spiro atoms. The monoisotopic (exact) mass is 307 g/mol. The quantitative estimate of drug-likeness (QED) is 0.912. The molecular formula is C15H11ClFNO3. The third-order valence-electron chi connectivity index (χ3n) is 2.83. The molecule has 4 nitrogen and oxygen atoms in total. The number of hydrogen-bond acceptors (Lipinski definition) is 2. The van der Waals surface area contributed by atoms with Crippen LogP contribution in [-0.4, -0.2) is 17.0 Å². The normalized spacial score (nSPS) is 11.7. The molecule has 0 aliphatic heterocycles. The Morgan fingerprint density at radius 3 is 2.48 bits per heavy atom. The fraction of sp³-hybridized carbons (Fsp3) is 0.0667. The maximum atomic E-state index is 13.1. The van der Waals surface area contributed by atoms with Gasteiger partial charge in [0, 0.05) is 16.1 Å². The Kier molecular flexibility index (Phi) is 4.55. The number of nitrogens with one attached hydrogen (secondary N) is 1. The number of carbonyl (C=O) groups is 2. The van der Waals surface area contributed by atoms with Gasteiger partial charge in [-0.2, -0.15) is 0 Å². The fourth-order valence-corrected chi connectivity index (χ4v) is 2.07. The first-order valence-corrected chi connectivity index (χ1v) is 6.40. The van der Waals surface area contributed by atoms with Crippen molar-refractivity contribution in [1.29, 1.82) is 0 Å². The van der Waals surface area contributed by atoms with Crippen molar-refractivity contribution < 1.29 is 19.1 Å². The minimum atomic E-state index is -1.31. The van der Waals surface area contributed by atoms with E-state index in [1.807, 2.05) is 0 Å². The van der Waals surface area contributed by atoms with Gasteiger partial charge < -0.3 is 10.4 Å². The van der Waals surface area contributed by atoms with Crippen LogP contribution in [0.25, 0.3) is 0 Å². The molecule has 0 bridgehead atoms. The van der Waals surface area contributed by atoms with Crippen molar-refractivity contribution >= 4 is 23.5 Å². The zero-order valence-corrected chi connectivity index (χ0v) is 11.5. The van der Waals surface area contributed by atoms with E-state index in [2.05, 4.69) is 5.32 Å². The van der Waals surface area contributed by atoms with Crippen molar-refractivity contribution in [2.24, 2.45) is 0 Å². The lowest BCUT2D eigenvalue weighted by atomic mass is 10.1. The summed E-state index contributed by atoms with van der Waals surface area (Å²) in [6, 6.07) is 9.98. The van der Waals surface area contributed by atoms with Crippen LogP contribution in [0, 0.1) is 5.82 Å². The molecule has 0 radical (unpaired) electrons. The first-order valence-electron chi connectivity index (χ1n) is 6.02. The second kappa shape index (κ2) is 6.37. The standard InChI is InChI=1S/C15H11ClFNO3/c16-12-7-2-1-6-11(12)13(15(20)21)18-14(19)9-4-3-5-10(17)8-9/h1-8,13H,(H,18,19)(H,20,21)/t13-/m1/s1. The van der Waals surface area contributed by atoms with E-state index in [0.717, 1.165) is 6.07 Å². The number of carboxylic acids is 1. The Hall–Kier alpha value is -2.40. The van der Waals surface area contributed by atoms with Crippen LogP contribution in [0.3, 0.4) is 0 Å². The van der Waals surface area contributed by atoms with Crippen LogP contribution < -0.4 is 5.32 Å². The van der Waals surface area contributed by atoms with Crippen LogP contribution in [0.5, 0.6) is 0 Å². The van der Waals surface area contributed by atoms with Crippen molar-refractivity contribution in [2.45, 2.75) is 6.04 Å². The van der Waals surface area contributed by atoms with E-state index in [0.29, 0.717) is 0 Å². The maximum Gasteiger partial charge on any atom is 0.330 e. The molecule has 0 aliphatic rings. The van der Waals surface area contributed by atoms with Crippen molar-refractivity contribution in [2.75, 3.05) is 0 Å². The van der Waals surface area contributed by atoms with Gasteiger partial charge in [0.1, 0.15) is 5.82 Å². The van der Waals surface area contributed by atoms with E-state index in [1.54, 1.807) is 12.1 Å². The molecule has 6 heteroatoms. The lowest BCUT2D eigenvalue weighted by molar-refractivity contribution is -0.139. The van der Waals surface area contributed by atoms with Gasteiger partial charge in [0.05, 0.1) is 0 Å². The molecule has 1 amide bonds. The van der Waals surface area contributed by atoms with Crippen LogP contribution in [0.1, 0.15) is 22.0 Å². The van der Waals surface area contributed by atoms with Gasteiger partial charge in [0.15, 0.2) is 6.04 Å². The summed E-state index contributed by atoms with van der Waals surface area (Å²) in [5, 5.41) is 11.8. The van der Waals surface area contributed by atoms with Crippen LogP contribution in [0.15, 0.2) is 48.5 Å². The number of halogens is 2. The summed E-state index contributed by atoms with van der Waals surface area (Å²) < 4.78 is 13.1. The van der Waals surface area contributed by atoms with Crippen molar-refractivity contribution in [3.63, 3.8) is 0 Å². The summed E-state index contributed by atoms with van der Waals surface area (Å²) in [4.78, 5) is 23.4. The molecule has 1 atom stereocenters. The average Bonchev–Trinajstić information content (AvgIpc) is 2.45.